The molecular weight excluding hydrogens is 306 g/mol. The van der Waals surface area contributed by atoms with Crippen molar-refractivity contribution < 1.29 is 18.6 Å². The number of hydrogen-bond donors (Lipinski definition) is 3. The van der Waals surface area contributed by atoms with E-state index in [1.54, 1.807) is 6.20 Å². The third-order valence-corrected chi connectivity index (χ3v) is 5.79. The van der Waals surface area contributed by atoms with E-state index in [0.717, 1.165) is 12.4 Å². The van der Waals surface area contributed by atoms with Crippen molar-refractivity contribution in [3.05, 3.63) is 12.0 Å². The van der Waals surface area contributed by atoms with Gasteiger partial charge in [-0.2, -0.15) is 0 Å². The molecular formula is C14H23N3O4S. The van der Waals surface area contributed by atoms with Gasteiger partial charge in [-0.15, -0.1) is 0 Å². The molecule has 3 rings (SSSR count). The van der Waals surface area contributed by atoms with Crippen LogP contribution in [-0.2, 0) is 23.0 Å². The van der Waals surface area contributed by atoms with Gasteiger partial charge in [0.2, 0.25) is 0 Å². The molecule has 7 nitrogen and oxygen atoms in total. The van der Waals surface area contributed by atoms with Gasteiger partial charge in [0.15, 0.2) is 5.03 Å². The molecule has 3 atom stereocenters. The second kappa shape index (κ2) is 5.92. The Morgan fingerprint density at radius 3 is 2.50 bits per heavy atom. The molecule has 22 heavy (non-hydrogen) atoms. The molecule has 124 valence electrons. The molecule has 0 spiro atoms. The fourth-order valence-electron chi connectivity index (χ4n) is 2.95. The van der Waals surface area contributed by atoms with Crippen LogP contribution < -0.4 is 4.72 Å². The van der Waals surface area contributed by atoms with Crippen LogP contribution in [0.3, 0.4) is 0 Å². The highest BCUT2D eigenvalue weighted by molar-refractivity contribution is 7.89. The van der Waals surface area contributed by atoms with Crippen LogP contribution in [0.4, 0.5) is 0 Å². The van der Waals surface area contributed by atoms with Gasteiger partial charge in [0.1, 0.15) is 5.82 Å². The maximum atomic E-state index is 12.4. The average molecular weight is 329 g/mol. The van der Waals surface area contributed by atoms with Gasteiger partial charge in [0.25, 0.3) is 10.0 Å². The molecule has 0 aromatic carbocycles. The lowest BCUT2D eigenvalue weighted by atomic mass is 10.3. The molecule has 1 heterocycles. The van der Waals surface area contributed by atoms with Crippen LogP contribution in [0.5, 0.6) is 0 Å². The van der Waals surface area contributed by atoms with Crippen molar-refractivity contribution >= 4 is 10.0 Å². The van der Waals surface area contributed by atoms with Crippen molar-refractivity contribution in [1.29, 1.82) is 0 Å². The highest BCUT2D eigenvalue weighted by atomic mass is 32.2. The Labute approximate surface area is 130 Å². The van der Waals surface area contributed by atoms with Crippen LogP contribution >= 0.6 is 0 Å². The predicted molar refractivity (Wildman–Crippen MR) is 79.7 cm³/mol. The minimum absolute atomic E-state index is 0.0286. The Kier molecular flexibility index (Phi) is 4.28. The van der Waals surface area contributed by atoms with Gasteiger partial charge in [-0.05, 0) is 31.6 Å². The number of nitrogens with one attached hydrogen (secondary N) is 1. The summed E-state index contributed by atoms with van der Waals surface area (Å²) in [5, 5.41) is 19.1. The first kappa shape index (κ1) is 15.9. The van der Waals surface area contributed by atoms with E-state index in [1.165, 1.54) is 12.8 Å². The number of imidazole rings is 1. The second-order valence-electron chi connectivity index (χ2n) is 6.37. The number of sulfonamides is 1. The largest absolute Gasteiger partial charge is 0.390 e. The summed E-state index contributed by atoms with van der Waals surface area (Å²) in [6.07, 6.45) is 3.38. The van der Waals surface area contributed by atoms with Crippen molar-refractivity contribution in [1.82, 2.24) is 14.3 Å². The summed E-state index contributed by atoms with van der Waals surface area (Å²) in [5.41, 5.74) is 0. The maximum absolute atomic E-state index is 12.4. The average Bonchev–Trinajstić information content (AvgIpc) is 3.06. The van der Waals surface area contributed by atoms with Crippen molar-refractivity contribution in [3.63, 3.8) is 0 Å². The maximum Gasteiger partial charge on any atom is 0.259 e. The zero-order chi connectivity index (χ0) is 15.9. The number of hydrogen-bond acceptors (Lipinski definition) is 5. The molecule has 0 aliphatic heterocycles. The van der Waals surface area contributed by atoms with Gasteiger partial charge in [-0.1, -0.05) is 6.92 Å². The molecule has 8 heteroatoms. The first-order valence-electron chi connectivity index (χ1n) is 7.83. The smallest absolute Gasteiger partial charge is 0.259 e. The quantitative estimate of drug-likeness (QED) is 0.682. The van der Waals surface area contributed by atoms with E-state index in [-0.39, 0.29) is 17.9 Å². The van der Waals surface area contributed by atoms with E-state index < -0.39 is 28.3 Å². The Bertz CT molecular complexity index is 629. The van der Waals surface area contributed by atoms with Crippen LogP contribution in [-0.4, -0.2) is 46.4 Å². The minimum atomic E-state index is -3.72. The number of rotatable bonds is 6. The predicted octanol–water partition coefficient (Wildman–Crippen LogP) is 0.0180. The fourth-order valence-corrected chi connectivity index (χ4v) is 4.19. The SMILES string of the molecule is CCc1nc(S(=O)(=O)NC2C[C@@H](O)[C@@H](O)C2)cn1CC1CC1. The molecule has 0 saturated heterocycles. The number of nitrogens with zero attached hydrogens (tertiary/aromatic N) is 2. The molecule has 0 radical (unpaired) electrons. The molecule has 2 aliphatic carbocycles. The molecule has 1 aromatic heterocycles. The first-order chi connectivity index (χ1) is 10.4. The summed E-state index contributed by atoms with van der Waals surface area (Å²) >= 11 is 0. The van der Waals surface area contributed by atoms with Crippen molar-refractivity contribution in [2.45, 2.75) is 68.8 Å². The standard InChI is InChI=1S/C14H23N3O4S/c1-2-13-15-14(8-17(13)7-9-3-4-9)22(20,21)16-10-5-11(18)12(19)6-10/h8-12,16,18-19H,2-7H2,1H3/t10?,11-,12+. The molecule has 2 saturated carbocycles. The number of aliphatic hydroxyl groups is 2. The number of aromatic nitrogens is 2. The summed E-state index contributed by atoms with van der Waals surface area (Å²) in [6, 6.07) is -0.450. The molecule has 1 aromatic rings. The minimum Gasteiger partial charge on any atom is -0.390 e. The van der Waals surface area contributed by atoms with Gasteiger partial charge in [0, 0.05) is 25.2 Å². The fraction of sp³-hybridized carbons (Fsp3) is 0.786. The lowest BCUT2D eigenvalue weighted by molar-refractivity contribution is 0.0438. The van der Waals surface area contributed by atoms with Gasteiger partial charge < -0.3 is 14.8 Å². The molecule has 0 amide bonds. The first-order valence-corrected chi connectivity index (χ1v) is 9.32. The van der Waals surface area contributed by atoms with Gasteiger partial charge in [-0.3, -0.25) is 0 Å². The van der Waals surface area contributed by atoms with Crippen LogP contribution in [0.1, 0.15) is 38.4 Å². The van der Waals surface area contributed by atoms with Crippen molar-refractivity contribution in [2.75, 3.05) is 0 Å². The van der Waals surface area contributed by atoms with Gasteiger partial charge in [-0.25, -0.2) is 18.1 Å². The van der Waals surface area contributed by atoms with E-state index in [4.69, 9.17) is 0 Å². The number of aliphatic hydroxyl groups excluding tert-OH is 2. The lowest BCUT2D eigenvalue weighted by Gasteiger charge is -2.10. The van der Waals surface area contributed by atoms with Crippen molar-refractivity contribution in [2.24, 2.45) is 5.92 Å². The molecule has 3 N–H and O–H groups in total. The molecule has 2 aliphatic rings. The Morgan fingerprint density at radius 1 is 1.32 bits per heavy atom. The normalized spacial score (nSPS) is 29.1. The Hall–Kier alpha value is -0.960. The number of aryl methyl sites for hydroxylation is 1. The second-order valence-corrected chi connectivity index (χ2v) is 8.03. The zero-order valence-electron chi connectivity index (χ0n) is 12.6. The van der Waals surface area contributed by atoms with Crippen LogP contribution in [0.2, 0.25) is 0 Å². The summed E-state index contributed by atoms with van der Waals surface area (Å²) in [7, 11) is -3.72. The third kappa shape index (κ3) is 3.34. The van der Waals surface area contributed by atoms with Gasteiger partial charge in [0.05, 0.1) is 12.2 Å². The van der Waals surface area contributed by atoms with Gasteiger partial charge >= 0.3 is 0 Å². The zero-order valence-corrected chi connectivity index (χ0v) is 13.5. The molecule has 2 fully saturated rings. The van der Waals surface area contributed by atoms with E-state index in [2.05, 4.69) is 9.71 Å². The van der Waals surface area contributed by atoms with Crippen LogP contribution in [0, 0.1) is 5.92 Å². The highest BCUT2D eigenvalue weighted by Gasteiger charge is 2.35. The van der Waals surface area contributed by atoms with Crippen molar-refractivity contribution in [3.8, 4) is 0 Å². The van der Waals surface area contributed by atoms with Crippen LogP contribution in [0.15, 0.2) is 11.2 Å². The summed E-state index contributed by atoms with van der Waals surface area (Å²) < 4.78 is 29.3. The topological polar surface area (TPSA) is 104 Å². The third-order valence-electron chi connectivity index (χ3n) is 4.40. The summed E-state index contributed by atoms with van der Waals surface area (Å²) in [6.45, 7) is 2.78. The monoisotopic (exact) mass is 329 g/mol. The lowest BCUT2D eigenvalue weighted by Crippen LogP contribution is -2.33. The molecule has 0 bridgehead atoms. The Morgan fingerprint density at radius 2 is 1.95 bits per heavy atom. The van der Waals surface area contributed by atoms with E-state index in [0.29, 0.717) is 12.3 Å². The van der Waals surface area contributed by atoms with E-state index in [9.17, 15) is 18.6 Å². The summed E-state index contributed by atoms with van der Waals surface area (Å²) in [4.78, 5) is 4.25. The van der Waals surface area contributed by atoms with E-state index >= 15 is 0 Å². The Balaban J connectivity index is 1.75. The van der Waals surface area contributed by atoms with Crippen LogP contribution in [0.25, 0.3) is 0 Å². The molecule has 1 unspecified atom stereocenters. The van der Waals surface area contributed by atoms with E-state index in [1.807, 2.05) is 11.5 Å². The summed E-state index contributed by atoms with van der Waals surface area (Å²) in [5.74, 6) is 1.42. The highest BCUT2D eigenvalue weighted by Crippen LogP contribution is 2.31.